The molecule has 0 aromatic heterocycles. The number of ether oxygens (including phenoxy) is 1. The lowest BCUT2D eigenvalue weighted by atomic mass is 9.96. The van der Waals surface area contributed by atoms with Crippen LogP contribution in [0.15, 0.2) is 48.5 Å². The number of carboxylic acids is 1. The molecule has 2 aromatic carbocycles. The highest BCUT2D eigenvalue weighted by Gasteiger charge is 2.33. The van der Waals surface area contributed by atoms with Crippen molar-refractivity contribution >= 4 is 18.0 Å². The first-order valence-corrected chi connectivity index (χ1v) is 12.1. The molecule has 1 saturated carbocycles. The Morgan fingerprint density at radius 3 is 2.29 bits per heavy atom. The van der Waals surface area contributed by atoms with Gasteiger partial charge in [-0.2, -0.15) is 0 Å². The molecule has 0 saturated heterocycles. The lowest BCUT2D eigenvalue weighted by Gasteiger charge is -2.20. The SMILES string of the molecule is CC[C@@H](CC(=O)NC[C@H]1CCC[C@H]1C(=O)O)NC(=O)OCC1c2ccccc2-c2ccccc21. The van der Waals surface area contributed by atoms with Gasteiger partial charge in [-0.3, -0.25) is 9.59 Å². The molecule has 7 heteroatoms. The van der Waals surface area contributed by atoms with E-state index in [1.807, 2.05) is 31.2 Å². The molecular weight excluding hydrogens is 432 g/mol. The molecule has 0 aliphatic heterocycles. The molecular formula is C27H32N2O5. The molecule has 0 heterocycles. The van der Waals surface area contributed by atoms with Crippen molar-refractivity contribution in [3.63, 3.8) is 0 Å². The van der Waals surface area contributed by atoms with E-state index in [9.17, 15) is 19.5 Å². The minimum atomic E-state index is -0.792. The molecule has 4 rings (SSSR count). The minimum Gasteiger partial charge on any atom is -0.481 e. The standard InChI is InChI=1S/C27H32N2O5/c1-2-18(14-25(30)28-15-17-8-7-13-19(17)26(31)32)29-27(33)34-16-24-22-11-5-3-9-20(22)21-10-4-6-12-23(21)24/h3-6,9-12,17-19,24H,2,7-8,13-16H2,1H3,(H,28,30)(H,29,33)(H,31,32)/t17-,18+,19-/m1/s1. The van der Waals surface area contributed by atoms with E-state index in [0.29, 0.717) is 19.4 Å². The maximum Gasteiger partial charge on any atom is 0.407 e. The van der Waals surface area contributed by atoms with E-state index in [4.69, 9.17) is 4.74 Å². The number of rotatable bonds is 9. The molecule has 1 fully saturated rings. The third kappa shape index (κ3) is 5.24. The number of amides is 2. The van der Waals surface area contributed by atoms with E-state index in [1.165, 1.54) is 11.1 Å². The Morgan fingerprint density at radius 1 is 1.03 bits per heavy atom. The highest BCUT2D eigenvalue weighted by Crippen LogP contribution is 2.44. The molecule has 2 aliphatic rings. The molecule has 34 heavy (non-hydrogen) atoms. The van der Waals surface area contributed by atoms with Crippen LogP contribution in [-0.2, 0) is 14.3 Å². The fourth-order valence-corrected chi connectivity index (χ4v) is 5.25. The average molecular weight is 465 g/mol. The summed E-state index contributed by atoms with van der Waals surface area (Å²) in [4.78, 5) is 36.3. The first kappa shape index (κ1) is 23.8. The van der Waals surface area contributed by atoms with Gasteiger partial charge in [-0.05, 0) is 47.4 Å². The number of hydrogen-bond donors (Lipinski definition) is 3. The zero-order chi connectivity index (χ0) is 24.1. The summed E-state index contributed by atoms with van der Waals surface area (Å²) >= 11 is 0. The summed E-state index contributed by atoms with van der Waals surface area (Å²) in [6.07, 6.45) is 2.52. The smallest absolute Gasteiger partial charge is 0.407 e. The van der Waals surface area contributed by atoms with Crippen molar-refractivity contribution in [3.05, 3.63) is 59.7 Å². The number of hydrogen-bond acceptors (Lipinski definition) is 4. The van der Waals surface area contributed by atoms with Gasteiger partial charge in [0, 0.05) is 24.9 Å². The van der Waals surface area contributed by atoms with Gasteiger partial charge in [0.1, 0.15) is 6.61 Å². The molecule has 0 unspecified atom stereocenters. The molecule has 2 aliphatic carbocycles. The summed E-state index contributed by atoms with van der Waals surface area (Å²) in [6, 6.07) is 16.0. The predicted molar refractivity (Wildman–Crippen MR) is 128 cm³/mol. The quantitative estimate of drug-likeness (QED) is 0.513. The van der Waals surface area contributed by atoms with Gasteiger partial charge in [0.05, 0.1) is 5.92 Å². The van der Waals surface area contributed by atoms with Crippen molar-refractivity contribution in [2.24, 2.45) is 11.8 Å². The van der Waals surface area contributed by atoms with E-state index in [2.05, 4.69) is 34.9 Å². The van der Waals surface area contributed by atoms with Crippen LogP contribution in [0.5, 0.6) is 0 Å². The summed E-state index contributed by atoms with van der Waals surface area (Å²) in [7, 11) is 0. The Bertz CT molecular complexity index is 1010. The van der Waals surface area contributed by atoms with Crippen LogP contribution >= 0.6 is 0 Å². The fourth-order valence-electron chi connectivity index (χ4n) is 5.25. The normalized spacial score (nSPS) is 19.7. The van der Waals surface area contributed by atoms with Crippen LogP contribution in [0.2, 0.25) is 0 Å². The number of fused-ring (bicyclic) bond motifs is 3. The monoisotopic (exact) mass is 464 g/mol. The van der Waals surface area contributed by atoms with Crippen molar-refractivity contribution in [2.45, 2.75) is 51.0 Å². The lowest BCUT2D eigenvalue weighted by molar-refractivity contribution is -0.143. The third-order valence-electron chi connectivity index (χ3n) is 7.13. The van der Waals surface area contributed by atoms with Crippen molar-refractivity contribution in [2.75, 3.05) is 13.2 Å². The molecule has 3 N–H and O–H groups in total. The Kier molecular flexibility index (Phi) is 7.50. The summed E-state index contributed by atoms with van der Waals surface area (Å²) in [5.74, 6) is -1.42. The van der Waals surface area contributed by atoms with Crippen molar-refractivity contribution < 1.29 is 24.2 Å². The molecule has 180 valence electrons. The largest absolute Gasteiger partial charge is 0.481 e. The Hall–Kier alpha value is -3.35. The van der Waals surface area contributed by atoms with Crippen LogP contribution in [0.25, 0.3) is 11.1 Å². The first-order valence-electron chi connectivity index (χ1n) is 12.1. The van der Waals surface area contributed by atoms with Gasteiger partial charge in [-0.25, -0.2) is 4.79 Å². The molecule has 2 amide bonds. The second-order valence-corrected chi connectivity index (χ2v) is 9.22. The van der Waals surface area contributed by atoms with Crippen LogP contribution in [0.1, 0.15) is 56.1 Å². The molecule has 3 atom stereocenters. The van der Waals surface area contributed by atoms with E-state index in [-0.39, 0.29) is 42.7 Å². The highest BCUT2D eigenvalue weighted by atomic mass is 16.5. The Morgan fingerprint density at radius 2 is 1.68 bits per heavy atom. The number of carbonyl (C=O) groups is 3. The fraction of sp³-hybridized carbons (Fsp3) is 0.444. The van der Waals surface area contributed by atoms with Crippen LogP contribution in [0, 0.1) is 11.8 Å². The van der Waals surface area contributed by atoms with Crippen molar-refractivity contribution in [1.82, 2.24) is 10.6 Å². The number of nitrogens with one attached hydrogen (secondary N) is 2. The molecule has 0 radical (unpaired) electrons. The first-order chi connectivity index (χ1) is 16.5. The number of carbonyl (C=O) groups excluding carboxylic acids is 2. The zero-order valence-corrected chi connectivity index (χ0v) is 19.5. The molecule has 7 nitrogen and oxygen atoms in total. The van der Waals surface area contributed by atoms with Gasteiger partial charge in [-0.15, -0.1) is 0 Å². The minimum absolute atomic E-state index is 0.0184. The Balaban J connectivity index is 1.27. The van der Waals surface area contributed by atoms with Crippen LogP contribution in [-0.4, -0.2) is 42.3 Å². The van der Waals surface area contributed by atoms with Gasteiger partial charge >= 0.3 is 12.1 Å². The van der Waals surface area contributed by atoms with Crippen LogP contribution in [0.4, 0.5) is 4.79 Å². The lowest BCUT2D eigenvalue weighted by Crippen LogP contribution is -2.41. The van der Waals surface area contributed by atoms with Crippen LogP contribution in [0.3, 0.4) is 0 Å². The summed E-state index contributed by atoms with van der Waals surface area (Å²) in [5, 5.41) is 15.0. The molecule has 0 spiro atoms. The Labute approximate surface area is 199 Å². The average Bonchev–Trinajstić information content (AvgIpc) is 3.44. The van der Waals surface area contributed by atoms with Gasteiger partial charge < -0.3 is 20.5 Å². The molecule has 0 bridgehead atoms. The number of aliphatic carboxylic acids is 1. The third-order valence-corrected chi connectivity index (χ3v) is 7.13. The van der Waals surface area contributed by atoms with E-state index < -0.39 is 12.1 Å². The van der Waals surface area contributed by atoms with E-state index in [0.717, 1.165) is 24.0 Å². The zero-order valence-electron chi connectivity index (χ0n) is 19.5. The molecule has 2 aromatic rings. The number of alkyl carbamates (subject to hydrolysis) is 1. The summed E-state index contributed by atoms with van der Waals surface area (Å²) in [6.45, 7) is 2.48. The van der Waals surface area contributed by atoms with Crippen LogP contribution < -0.4 is 10.6 Å². The number of carboxylic acid groups (broad SMARTS) is 1. The van der Waals surface area contributed by atoms with Gasteiger partial charge in [0.2, 0.25) is 5.91 Å². The van der Waals surface area contributed by atoms with E-state index >= 15 is 0 Å². The highest BCUT2D eigenvalue weighted by molar-refractivity contribution is 5.79. The topological polar surface area (TPSA) is 105 Å². The summed E-state index contributed by atoms with van der Waals surface area (Å²) < 4.78 is 5.59. The van der Waals surface area contributed by atoms with Crippen molar-refractivity contribution in [3.8, 4) is 11.1 Å². The maximum absolute atomic E-state index is 12.5. The summed E-state index contributed by atoms with van der Waals surface area (Å²) in [5.41, 5.74) is 4.63. The maximum atomic E-state index is 12.5. The van der Waals surface area contributed by atoms with E-state index in [1.54, 1.807) is 0 Å². The van der Waals surface area contributed by atoms with Gasteiger partial charge in [-0.1, -0.05) is 61.9 Å². The van der Waals surface area contributed by atoms with Gasteiger partial charge in [0.15, 0.2) is 0 Å². The predicted octanol–water partition coefficient (Wildman–Crippen LogP) is 4.31. The second-order valence-electron chi connectivity index (χ2n) is 9.22. The van der Waals surface area contributed by atoms with Gasteiger partial charge in [0.25, 0.3) is 0 Å². The van der Waals surface area contributed by atoms with Crippen molar-refractivity contribution in [1.29, 1.82) is 0 Å². The second kappa shape index (κ2) is 10.7. The number of benzene rings is 2.